The van der Waals surface area contributed by atoms with Gasteiger partial charge in [-0.2, -0.15) is 5.10 Å². The highest BCUT2D eigenvalue weighted by Gasteiger charge is 2.29. The molecule has 0 N–H and O–H groups in total. The standard InChI is InChI=1S/C17H25N5O2S/c1-12(2)22-16(7-8-18-22)15-10-13(3)19-17(20-15)14-6-5-9-21(11-14)25(4,23)24/h7-8,10,12,14H,5-6,9,11H2,1-4H3/t14-/m0/s1. The quantitative estimate of drug-likeness (QED) is 0.833. The molecular weight excluding hydrogens is 338 g/mol. The third kappa shape index (κ3) is 3.90. The van der Waals surface area contributed by atoms with Crippen LogP contribution in [0, 0.1) is 6.92 Å². The molecule has 136 valence electrons. The summed E-state index contributed by atoms with van der Waals surface area (Å²) >= 11 is 0. The van der Waals surface area contributed by atoms with Gasteiger partial charge < -0.3 is 0 Å². The molecule has 1 aliphatic rings. The fraction of sp³-hybridized carbons (Fsp3) is 0.588. The number of sulfonamides is 1. The molecule has 0 bridgehead atoms. The molecule has 3 rings (SSSR count). The van der Waals surface area contributed by atoms with Crippen LogP contribution in [0.2, 0.25) is 0 Å². The van der Waals surface area contributed by atoms with Gasteiger partial charge in [0.2, 0.25) is 10.0 Å². The average molecular weight is 363 g/mol. The zero-order valence-corrected chi connectivity index (χ0v) is 16.0. The molecule has 0 aromatic carbocycles. The summed E-state index contributed by atoms with van der Waals surface area (Å²) in [6, 6.07) is 4.14. The smallest absolute Gasteiger partial charge is 0.211 e. The highest BCUT2D eigenvalue weighted by atomic mass is 32.2. The van der Waals surface area contributed by atoms with E-state index in [1.165, 1.54) is 10.6 Å². The number of hydrogen-bond acceptors (Lipinski definition) is 5. The van der Waals surface area contributed by atoms with Crippen molar-refractivity contribution in [3.8, 4) is 11.4 Å². The van der Waals surface area contributed by atoms with Crippen LogP contribution in [0.15, 0.2) is 18.3 Å². The maximum Gasteiger partial charge on any atom is 0.211 e. The largest absolute Gasteiger partial charge is 0.261 e. The Hall–Kier alpha value is -1.80. The maximum atomic E-state index is 11.9. The maximum absolute atomic E-state index is 11.9. The minimum Gasteiger partial charge on any atom is -0.261 e. The molecule has 0 spiro atoms. The van der Waals surface area contributed by atoms with Crippen LogP contribution in [0.5, 0.6) is 0 Å². The second kappa shape index (κ2) is 6.84. The third-order valence-electron chi connectivity index (χ3n) is 4.51. The molecule has 0 amide bonds. The van der Waals surface area contributed by atoms with Crippen molar-refractivity contribution in [1.29, 1.82) is 0 Å². The van der Waals surface area contributed by atoms with E-state index in [1.807, 2.05) is 23.7 Å². The molecule has 2 aromatic heterocycles. The van der Waals surface area contributed by atoms with Crippen molar-refractivity contribution in [3.05, 3.63) is 29.8 Å². The topological polar surface area (TPSA) is 81.0 Å². The molecular formula is C17H25N5O2S. The molecule has 2 aromatic rings. The SMILES string of the molecule is Cc1cc(-c2ccnn2C(C)C)nc([C@H]2CCCN(S(C)(=O)=O)C2)n1. The van der Waals surface area contributed by atoms with Crippen LogP contribution in [0.4, 0.5) is 0 Å². The number of aromatic nitrogens is 4. The Balaban J connectivity index is 1.96. The van der Waals surface area contributed by atoms with Gasteiger partial charge in [-0.05, 0) is 45.7 Å². The Kier molecular flexibility index (Phi) is 4.92. The van der Waals surface area contributed by atoms with Crippen LogP contribution >= 0.6 is 0 Å². The first-order valence-corrected chi connectivity index (χ1v) is 10.4. The number of hydrogen-bond donors (Lipinski definition) is 0. The van der Waals surface area contributed by atoms with E-state index in [1.54, 1.807) is 6.20 Å². The van der Waals surface area contributed by atoms with Crippen LogP contribution in [0.3, 0.4) is 0 Å². The molecule has 0 radical (unpaired) electrons. The molecule has 8 heteroatoms. The predicted octanol–water partition coefficient (Wildman–Crippen LogP) is 2.37. The van der Waals surface area contributed by atoms with Gasteiger partial charge in [0.15, 0.2) is 0 Å². The summed E-state index contributed by atoms with van der Waals surface area (Å²) in [7, 11) is -3.18. The number of piperidine rings is 1. The Morgan fingerprint density at radius 3 is 2.72 bits per heavy atom. The summed E-state index contributed by atoms with van der Waals surface area (Å²) in [5.74, 6) is 0.748. The van der Waals surface area contributed by atoms with E-state index >= 15 is 0 Å². The van der Waals surface area contributed by atoms with Gasteiger partial charge in [0.05, 0.1) is 17.6 Å². The number of nitrogens with zero attached hydrogens (tertiary/aromatic N) is 5. The van der Waals surface area contributed by atoms with Gasteiger partial charge >= 0.3 is 0 Å². The molecule has 1 saturated heterocycles. The van der Waals surface area contributed by atoms with Crippen LogP contribution in [-0.2, 0) is 10.0 Å². The van der Waals surface area contributed by atoms with Gasteiger partial charge in [-0.25, -0.2) is 22.7 Å². The van der Waals surface area contributed by atoms with Gasteiger partial charge in [-0.1, -0.05) is 0 Å². The first-order valence-electron chi connectivity index (χ1n) is 8.60. The number of aryl methyl sites for hydroxylation is 1. The Morgan fingerprint density at radius 1 is 1.28 bits per heavy atom. The van der Waals surface area contributed by atoms with Crippen LogP contribution < -0.4 is 0 Å². The molecule has 3 heterocycles. The van der Waals surface area contributed by atoms with Crippen molar-refractivity contribution in [2.75, 3.05) is 19.3 Å². The Bertz CT molecular complexity index is 860. The molecule has 7 nitrogen and oxygen atoms in total. The second-order valence-corrected chi connectivity index (χ2v) is 8.95. The lowest BCUT2D eigenvalue weighted by Crippen LogP contribution is -2.38. The third-order valence-corrected chi connectivity index (χ3v) is 5.78. The van der Waals surface area contributed by atoms with E-state index in [4.69, 9.17) is 4.98 Å². The first-order chi connectivity index (χ1) is 11.8. The molecule has 1 fully saturated rings. The average Bonchev–Trinajstić information content (AvgIpc) is 3.03. The van der Waals surface area contributed by atoms with Gasteiger partial charge in [-0.15, -0.1) is 0 Å². The Morgan fingerprint density at radius 2 is 2.04 bits per heavy atom. The fourth-order valence-electron chi connectivity index (χ4n) is 3.29. The number of rotatable bonds is 4. The van der Waals surface area contributed by atoms with Crippen molar-refractivity contribution in [2.45, 2.75) is 45.6 Å². The minimum absolute atomic E-state index is 0.0255. The summed E-state index contributed by atoms with van der Waals surface area (Å²) in [5, 5.41) is 4.38. The normalized spacial score (nSPS) is 19.5. The van der Waals surface area contributed by atoms with E-state index in [0.29, 0.717) is 13.1 Å². The van der Waals surface area contributed by atoms with Gasteiger partial charge in [-0.3, -0.25) is 4.68 Å². The van der Waals surface area contributed by atoms with Crippen molar-refractivity contribution in [1.82, 2.24) is 24.1 Å². The summed E-state index contributed by atoms with van der Waals surface area (Å²) < 4.78 is 27.2. The van der Waals surface area contributed by atoms with Crippen molar-refractivity contribution >= 4 is 10.0 Å². The highest BCUT2D eigenvalue weighted by Crippen LogP contribution is 2.28. The summed E-state index contributed by atoms with van der Waals surface area (Å²) in [6.45, 7) is 7.13. The summed E-state index contributed by atoms with van der Waals surface area (Å²) in [6.07, 6.45) is 4.77. The molecule has 0 saturated carbocycles. The molecule has 1 aliphatic heterocycles. The van der Waals surface area contributed by atoms with E-state index in [-0.39, 0.29) is 12.0 Å². The molecule has 0 unspecified atom stereocenters. The predicted molar refractivity (Wildman–Crippen MR) is 96.8 cm³/mol. The lowest BCUT2D eigenvalue weighted by Gasteiger charge is -2.30. The van der Waals surface area contributed by atoms with E-state index in [9.17, 15) is 8.42 Å². The second-order valence-electron chi connectivity index (χ2n) is 6.97. The van der Waals surface area contributed by atoms with Gasteiger partial charge in [0.1, 0.15) is 5.82 Å². The fourth-order valence-corrected chi connectivity index (χ4v) is 4.20. The van der Waals surface area contributed by atoms with E-state index in [0.717, 1.165) is 35.7 Å². The van der Waals surface area contributed by atoms with Crippen LogP contribution in [-0.4, -0.2) is 51.8 Å². The van der Waals surface area contributed by atoms with Gasteiger partial charge in [0.25, 0.3) is 0 Å². The molecule has 1 atom stereocenters. The monoisotopic (exact) mass is 363 g/mol. The zero-order chi connectivity index (χ0) is 18.2. The van der Waals surface area contributed by atoms with Crippen LogP contribution in [0.1, 0.15) is 50.2 Å². The summed E-state index contributed by atoms with van der Waals surface area (Å²) in [4.78, 5) is 9.36. The van der Waals surface area contributed by atoms with Gasteiger partial charge in [0, 0.05) is 36.9 Å². The lowest BCUT2D eigenvalue weighted by molar-refractivity contribution is 0.311. The molecule has 0 aliphatic carbocycles. The van der Waals surface area contributed by atoms with E-state index < -0.39 is 10.0 Å². The van der Waals surface area contributed by atoms with Crippen molar-refractivity contribution < 1.29 is 8.42 Å². The molecule has 25 heavy (non-hydrogen) atoms. The Labute approximate surface area is 149 Å². The summed E-state index contributed by atoms with van der Waals surface area (Å²) in [5.41, 5.74) is 2.68. The van der Waals surface area contributed by atoms with E-state index in [2.05, 4.69) is 23.9 Å². The highest BCUT2D eigenvalue weighted by molar-refractivity contribution is 7.88. The minimum atomic E-state index is -3.18. The van der Waals surface area contributed by atoms with Crippen molar-refractivity contribution in [3.63, 3.8) is 0 Å². The van der Waals surface area contributed by atoms with Crippen molar-refractivity contribution in [2.24, 2.45) is 0 Å². The lowest BCUT2D eigenvalue weighted by atomic mass is 9.98. The zero-order valence-electron chi connectivity index (χ0n) is 15.2. The van der Waals surface area contributed by atoms with Crippen LogP contribution in [0.25, 0.3) is 11.4 Å². The first kappa shape index (κ1) is 18.0.